The van der Waals surface area contributed by atoms with Crippen molar-refractivity contribution in [2.24, 2.45) is 0 Å². The first-order chi connectivity index (χ1) is 11.1. The Kier molecular flexibility index (Phi) is 4.66. The van der Waals surface area contributed by atoms with E-state index in [4.69, 9.17) is 5.73 Å². The van der Waals surface area contributed by atoms with Gasteiger partial charge in [-0.2, -0.15) is 5.10 Å². The van der Waals surface area contributed by atoms with Gasteiger partial charge in [0.05, 0.1) is 11.9 Å². The molecule has 1 saturated heterocycles. The summed E-state index contributed by atoms with van der Waals surface area (Å²) in [5.41, 5.74) is 9.04. The Bertz CT molecular complexity index is 692. The summed E-state index contributed by atoms with van der Waals surface area (Å²) in [5, 5.41) is 7.78. The van der Waals surface area contributed by atoms with Crippen molar-refractivity contribution >= 4 is 22.4 Å². The summed E-state index contributed by atoms with van der Waals surface area (Å²) < 4.78 is 0. The van der Waals surface area contributed by atoms with Crippen molar-refractivity contribution in [3.8, 4) is 0 Å². The number of nitrogens with one attached hydrogen (secondary N) is 1. The van der Waals surface area contributed by atoms with E-state index in [0.717, 1.165) is 44.5 Å². The van der Waals surface area contributed by atoms with Gasteiger partial charge in [-0.15, -0.1) is 0 Å². The van der Waals surface area contributed by atoms with Crippen LogP contribution in [-0.2, 0) is 12.8 Å². The second-order valence-electron chi connectivity index (χ2n) is 5.93. The van der Waals surface area contributed by atoms with Crippen LogP contribution in [0, 0.1) is 0 Å². The second kappa shape index (κ2) is 6.70. The van der Waals surface area contributed by atoms with Gasteiger partial charge in [0.1, 0.15) is 4.88 Å². The Morgan fingerprint density at radius 2 is 2.30 bits per heavy atom. The Hall–Kier alpha value is -1.89. The number of nitrogens with two attached hydrogens (primary N) is 1. The predicted octanol–water partition coefficient (Wildman–Crippen LogP) is 2.59. The molecule has 124 valence electrons. The van der Waals surface area contributed by atoms with E-state index >= 15 is 0 Å². The molecule has 0 spiro atoms. The van der Waals surface area contributed by atoms with Crippen LogP contribution in [0.1, 0.15) is 59.2 Å². The van der Waals surface area contributed by atoms with E-state index in [1.165, 1.54) is 22.6 Å². The lowest BCUT2D eigenvalue weighted by atomic mass is 9.92. The minimum absolute atomic E-state index is 0.0679. The number of hydrogen-bond acceptors (Lipinski definition) is 5. The van der Waals surface area contributed by atoms with Crippen LogP contribution in [0.5, 0.6) is 0 Å². The number of amides is 1. The summed E-state index contributed by atoms with van der Waals surface area (Å²) in [5.74, 6) is 0.402. The molecule has 0 unspecified atom stereocenters. The molecule has 1 aliphatic heterocycles. The molecule has 2 aromatic rings. The fraction of sp³-hybridized carbons (Fsp3) is 0.562. The number of carbonyl (C=O) groups is 1. The van der Waals surface area contributed by atoms with E-state index in [2.05, 4.69) is 22.1 Å². The molecule has 1 aliphatic rings. The molecule has 2 aromatic heterocycles. The summed E-state index contributed by atoms with van der Waals surface area (Å²) in [6, 6.07) is 0. The van der Waals surface area contributed by atoms with Gasteiger partial charge in [-0.3, -0.25) is 9.89 Å². The Morgan fingerprint density at radius 3 is 3.04 bits per heavy atom. The number of piperidine rings is 1. The normalized spacial score (nSPS) is 18.3. The maximum Gasteiger partial charge on any atom is 0.265 e. The lowest BCUT2D eigenvalue weighted by molar-refractivity contribution is 0.0709. The maximum absolute atomic E-state index is 12.9. The molecule has 3 N–H and O–H groups in total. The molecular weight excluding hydrogens is 310 g/mol. The summed E-state index contributed by atoms with van der Waals surface area (Å²) in [6.45, 7) is 5.66. The summed E-state index contributed by atoms with van der Waals surface area (Å²) in [6.07, 6.45) is 5.68. The Labute approximate surface area is 140 Å². The molecule has 0 saturated carbocycles. The number of carbonyl (C=O) groups excluding carboxylic acids is 1. The number of aryl methyl sites for hydroxylation is 2. The number of aromatic amines is 1. The van der Waals surface area contributed by atoms with Gasteiger partial charge in [-0.25, -0.2) is 4.98 Å². The van der Waals surface area contributed by atoms with Gasteiger partial charge in [0.25, 0.3) is 5.91 Å². The predicted molar refractivity (Wildman–Crippen MR) is 91.7 cm³/mol. The van der Waals surface area contributed by atoms with Crippen LogP contribution < -0.4 is 5.73 Å². The molecule has 0 bridgehead atoms. The van der Waals surface area contributed by atoms with Crippen LogP contribution in [-0.4, -0.2) is 39.1 Å². The van der Waals surface area contributed by atoms with E-state index in [0.29, 0.717) is 15.9 Å². The first-order valence-corrected chi connectivity index (χ1v) is 9.02. The summed E-state index contributed by atoms with van der Waals surface area (Å²) in [7, 11) is 0. The van der Waals surface area contributed by atoms with E-state index < -0.39 is 0 Å². The quantitative estimate of drug-likeness (QED) is 0.900. The Balaban J connectivity index is 1.79. The van der Waals surface area contributed by atoms with Gasteiger partial charge in [-0.05, 0) is 31.2 Å². The third-order valence-electron chi connectivity index (χ3n) is 4.49. The van der Waals surface area contributed by atoms with Crippen LogP contribution in [0.2, 0.25) is 0 Å². The second-order valence-corrected chi connectivity index (χ2v) is 6.96. The number of anilines is 1. The minimum atomic E-state index is 0.0679. The molecule has 1 atom stereocenters. The zero-order valence-corrected chi connectivity index (χ0v) is 14.4. The van der Waals surface area contributed by atoms with Crippen LogP contribution >= 0.6 is 11.3 Å². The number of hydrogen-bond donors (Lipinski definition) is 2. The van der Waals surface area contributed by atoms with E-state index in [-0.39, 0.29) is 5.91 Å². The highest BCUT2D eigenvalue weighted by atomic mass is 32.1. The number of nitrogens with zero attached hydrogens (tertiary/aromatic N) is 3. The molecule has 7 heteroatoms. The first-order valence-electron chi connectivity index (χ1n) is 8.20. The van der Waals surface area contributed by atoms with Gasteiger partial charge in [-0.1, -0.05) is 25.2 Å². The lowest BCUT2D eigenvalue weighted by Crippen LogP contribution is -2.39. The van der Waals surface area contributed by atoms with Crippen LogP contribution in [0.15, 0.2) is 6.20 Å². The van der Waals surface area contributed by atoms with E-state index in [1.54, 1.807) is 0 Å². The van der Waals surface area contributed by atoms with Gasteiger partial charge in [0.2, 0.25) is 0 Å². The average Bonchev–Trinajstić information content (AvgIpc) is 3.20. The number of rotatable bonds is 4. The zero-order chi connectivity index (χ0) is 16.4. The molecular formula is C16H23N5OS. The van der Waals surface area contributed by atoms with Crippen molar-refractivity contribution in [3.63, 3.8) is 0 Å². The largest absolute Gasteiger partial charge is 0.375 e. The SMILES string of the molecule is CCc1cn[nH]c1[C@@H]1CCCN(C(=O)c2sc(N)nc2CC)C1. The third kappa shape index (κ3) is 3.10. The van der Waals surface area contributed by atoms with Gasteiger partial charge < -0.3 is 10.6 Å². The number of aromatic nitrogens is 3. The van der Waals surface area contributed by atoms with E-state index in [9.17, 15) is 4.79 Å². The molecule has 0 radical (unpaired) electrons. The molecule has 1 amide bonds. The zero-order valence-electron chi connectivity index (χ0n) is 13.6. The molecule has 0 aliphatic carbocycles. The molecule has 6 nitrogen and oxygen atoms in total. The third-order valence-corrected chi connectivity index (χ3v) is 5.41. The smallest absolute Gasteiger partial charge is 0.265 e. The fourth-order valence-electron chi connectivity index (χ4n) is 3.27. The first kappa shape index (κ1) is 16.0. The van der Waals surface area contributed by atoms with Crippen molar-refractivity contribution in [1.29, 1.82) is 0 Å². The molecule has 1 fully saturated rings. The van der Waals surface area contributed by atoms with Crippen LogP contribution in [0.4, 0.5) is 5.13 Å². The highest BCUT2D eigenvalue weighted by molar-refractivity contribution is 7.17. The molecule has 3 heterocycles. The number of H-pyrrole nitrogens is 1. The monoisotopic (exact) mass is 333 g/mol. The standard InChI is InChI=1S/C16H23N5OS/c1-3-10-8-18-20-13(10)11-6-5-7-21(9-11)15(22)14-12(4-2)19-16(17)23-14/h8,11H,3-7,9H2,1-2H3,(H2,17,19)(H,18,20)/t11-/m1/s1. The number of nitrogen functional groups attached to an aromatic ring is 1. The number of thiazole rings is 1. The maximum atomic E-state index is 12.9. The highest BCUT2D eigenvalue weighted by Crippen LogP contribution is 2.30. The molecule has 0 aromatic carbocycles. The Morgan fingerprint density at radius 1 is 1.48 bits per heavy atom. The highest BCUT2D eigenvalue weighted by Gasteiger charge is 2.29. The van der Waals surface area contributed by atoms with Crippen molar-refractivity contribution in [1.82, 2.24) is 20.1 Å². The molecule has 23 heavy (non-hydrogen) atoms. The van der Waals surface area contributed by atoms with Crippen molar-refractivity contribution in [3.05, 3.63) is 28.0 Å². The minimum Gasteiger partial charge on any atom is -0.375 e. The van der Waals surface area contributed by atoms with Gasteiger partial charge in [0, 0.05) is 24.7 Å². The summed E-state index contributed by atoms with van der Waals surface area (Å²) >= 11 is 1.30. The van der Waals surface area contributed by atoms with Crippen LogP contribution in [0.3, 0.4) is 0 Å². The van der Waals surface area contributed by atoms with Crippen molar-refractivity contribution < 1.29 is 4.79 Å². The average molecular weight is 333 g/mol. The van der Waals surface area contributed by atoms with E-state index in [1.807, 2.05) is 18.0 Å². The van der Waals surface area contributed by atoms with Crippen molar-refractivity contribution in [2.45, 2.75) is 45.4 Å². The lowest BCUT2D eigenvalue weighted by Gasteiger charge is -2.32. The van der Waals surface area contributed by atoms with Crippen molar-refractivity contribution in [2.75, 3.05) is 18.8 Å². The topological polar surface area (TPSA) is 87.9 Å². The fourth-order valence-corrected chi connectivity index (χ4v) is 4.16. The molecule has 3 rings (SSSR count). The number of likely N-dealkylation sites (tertiary alicyclic amines) is 1. The van der Waals surface area contributed by atoms with Gasteiger partial charge >= 0.3 is 0 Å². The van der Waals surface area contributed by atoms with Crippen LogP contribution in [0.25, 0.3) is 0 Å². The summed E-state index contributed by atoms with van der Waals surface area (Å²) in [4.78, 5) is 19.8. The van der Waals surface area contributed by atoms with Gasteiger partial charge in [0.15, 0.2) is 5.13 Å².